The second-order valence-corrected chi connectivity index (χ2v) is 7.93. The fourth-order valence-corrected chi connectivity index (χ4v) is 2.81. The van der Waals surface area contributed by atoms with Gasteiger partial charge in [-0.25, -0.2) is 14.4 Å². The summed E-state index contributed by atoms with van der Waals surface area (Å²) in [7, 11) is 0. The van der Waals surface area contributed by atoms with E-state index in [1.165, 1.54) is 18.2 Å². The molecule has 12 nitrogen and oxygen atoms in total. The Hall–Kier alpha value is -3.54. The van der Waals surface area contributed by atoms with Crippen LogP contribution in [0.15, 0.2) is 18.2 Å². The Bertz CT molecular complexity index is 889. The molecule has 1 aromatic rings. The molecule has 0 fully saturated rings. The van der Waals surface area contributed by atoms with E-state index < -0.39 is 42.7 Å². The normalized spacial score (nSPS) is 12.9. The van der Waals surface area contributed by atoms with Crippen molar-refractivity contribution in [1.82, 2.24) is 0 Å². The van der Waals surface area contributed by atoms with Gasteiger partial charge in [0, 0.05) is 0 Å². The zero-order chi connectivity index (χ0) is 27.8. The van der Waals surface area contributed by atoms with E-state index in [9.17, 15) is 19.2 Å². The lowest BCUT2D eigenvalue weighted by atomic mass is 10.1. The number of ether oxygens (including phenoxy) is 7. The van der Waals surface area contributed by atoms with Crippen molar-refractivity contribution in [2.24, 2.45) is 5.73 Å². The topological polar surface area (TPSA) is 159 Å². The first kappa shape index (κ1) is 31.5. The summed E-state index contributed by atoms with van der Waals surface area (Å²) in [6.07, 6.45) is -1.72. The molecule has 0 saturated heterocycles. The summed E-state index contributed by atoms with van der Waals surface area (Å²) >= 11 is 0. The van der Waals surface area contributed by atoms with Crippen molar-refractivity contribution >= 4 is 24.4 Å². The van der Waals surface area contributed by atoms with Crippen LogP contribution in [-0.4, -0.2) is 62.5 Å². The van der Waals surface area contributed by atoms with E-state index in [4.69, 9.17) is 38.9 Å². The van der Waals surface area contributed by atoms with Crippen LogP contribution in [0.25, 0.3) is 0 Å². The summed E-state index contributed by atoms with van der Waals surface area (Å²) < 4.78 is 35.1. The molecule has 0 radical (unpaired) electrons. The Kier molecular flexibility index (Phi) is 14.5. The molecule has 0 spiro atoms. The van der Waals surface area contributed by atoms with Crippen molar-refractivity contribution in [2.75, 3.05) is 19.8 Å². The van der Waals surface area contributed by atoms with Crippen LogP contribution in [0.2, 0.25) is 0 Å². The molecule has 37 heavy (non-hydrogen) atoms. The highest BCUT2D eigenvalue weighted by atomic mass is 16.7. The fourth-order valence-electron chi connectivity index (χ4n) is 2.81. The van der Waals surface area contributed by atoms with Crippen molar-refractivity contribution in [2.45, 2.75) is 78.6 Å². The summed E-state index contributed by atoms with van der Waals surface area (Å²) in [6.45, 7) is 8.78. The van der Waals surface area contributed by atoms with Crippen molar-refractivity contribution in [3.05, 3.63) is 23.8 Å². The van der Waals surface area contributed by atoms with Gasteiger partial charge in [0.15, 0.2) is 11.5 Å². The van der Waals surface area contributed by atoms with Gasteiger partial charge in [-0.15, -0.1) is 0 Å². The zero-order valence-electron chi connectivity index (χ0n) is 22.0. The number of carbonyl (C=O) groups excluding carboxylic acids is 4. The Morgan fingerprint density at radius 2 is 1.38 bits per heavy atom. The number of rotatable bonds is 14. The highest BCUT2D eigenvalue weighted by molar-refractivity contribution is 5.76. The van der Waals surface area contributed by atoms with Crippen LogP contribution in [0.4, 0.5) is 14.4 Å². The average molecular weight is 528 g/mol. The maximum absolute atomic E-state index is 12.5. The van der Waals surface area contributed by atoms with Gasteiger partial charge in [0.25, 0.3) is 0 Å². The molecule has 2 N–H and O–H groups in total. The van der Waals surface area contributed by atoms with E-state index in [0.717, 1.165) is 19.3 Å². The minimum Gasteiger partial charge on any atom is -0.458 e. The molecule has 12 heteroatoms. The van der Waals surface area contributed by atoms with Gasteiger partial charge in [0.2, 0.25) is 0 Å². The first-order valence-electron chi connectivity index (χ1n) is 12.2. The van der Waals surface area contributed by atoms with Gasteiger partial charge in [-0.1, -0.05) is 25.8 Å². The number of hydrogen-bond donors (Lipinski definition) is 1. The molecule has 0 amide bonds. The number of unbranched alkanes of at least 4 members (excludes halogenated alkanes) is 2. The van der Waals surface area contributed by atoms with Crippen LogP contribution in [-0.2, 0) is 34.9 Å². The summed E-state index contributed by atoms with van der Waals surface area (Å²) in [4.78, 5) is 47.8. The Balaban J connectivity index is 2.76. The predicted molar refractivity (Wildman–Crippen MR) is 130 cm³/mol. The molecular formula is C25H37NO11. The van der Waals surface area contributed by atoms with E-state index >= 15 is 0 Å². The Morgan fingerprint density at radius 3 is 1.97 bits per heavy atom. The molecule has 0 aliphatic heterocycles. The van der Waals surface area contributed by atoms with Gasteiger partial charge in [-0.3, -0.25) is 4.79 Å². The van der Waals surface area contributed by atoms with Gasteiger partial charge in [0.05, 0.1) is 19.8 Å². The van der Waals surface area contributed by atoms with Gasteiger partial charge in [-0.05, 0) is 58.2 Å². The molecular weight excluding hydrogens is 490 g/mol. The maximum atomic E-state index is 12.5. The lowest BCUT2D eigenvalue weighted by molar-refractivity contribution is -0.155. The molecule has 0 aliphatic rings. The Labute approximate surface area is 216 Å². The number of esters is 1. The third-order valence-electron chi connectivity index (χ3n) is 4.89. The van der Waals surface area contributed by atoms with E-state index in [0.29, 0.717) is 5.56 Å². The second-order valence-electron chi connectivity index (χ2n) is 7.93. The average Bonchev–Trinajstić information content (AvgIpc) is 2.83. The quantitative estimate of drug-likeness (QED) is 0.158. The number of nitrogens with two attached hydrogens (primary N) is 1. The largest absolute Gasteiger partial charge is 0.513 e. The SMILES string of the molecule is CCCCCOC(=O)O[C@@H](C)[C@H](C)OC(=O)[C@@H](N)Cc1ccc(OC(=O)OCC)c(OC(=O)OCC)c1. The smallest absolute Gasteiger partial charge is 0.458 e. The van der Waals surface area contributed by atoms with Gasteiger partial charge in [-0.2, -0.15) is 0 Å². The van der Waals surface area contributed by atoms with Gasteiger partial charge < -0.3 is 38.9 Å². The standard InChI is InChI=1S/C25H37NO11/c1-6-9-10-13-33-25(30)35-17(5)16(4)34-22(27)19(26)14-18-11-12-20(36-23(28)31-7-2)21(15-18)37-24(29)32-8-3/h11-12,15-17,19H,6-10,13-14,26H2,1-5H3/t16-,17-,19-/m0/s1. The first-order valence-corrected chi connectivity index (χ1v) is 12.2. The van der Waals surface area contributed by atoms with E-state index in [2.05, 4.69) is 0 Å². The van der Waals surface area contributed by atoms with Crippen LogP contribution >= 0.6 is 0 Å². The van der Waals surface area contributed by atoms with Gasteiger partial charge in [0.1, 0.15) is 18.2 Å². The third-order valence-corrected chi connectivity index (χ3v) is 4.89. The van der Waals surface area contributed by atoms with Gasteiger partial charge >= 0.3 is 24.4 Å². The Morgan fingerprint density at radius 1 is 0.784 bits per heavy atom. The van der Waals surface area contributed by atoms with Crippen LogP contribution in [0.1, 0.15) is 59.4 Å². The lowest BCUT2D eigenvalue weighted by Gasteiger charge is -2.22. The third kappa shape index (κ3) is 12.3. The zero-order valence-corrected chi connectivity index (χ0v) is 22.0. The number of hydrogen-bond acceptors (Lipinski definition) is 12. The minimum atomic E-state index is -1.09. The predicted octanol–water partition coefficient (Wildman–Crippen LogP) is 4.29. The minimum absolute atomic E-state index is 0.000860. The van der Waals surface area contributed by atoms with Crippen molar-refractivity contribution in [3.63, 3.8) is 0 Å². The first-order chi connectivity index (χ1) is 17.6. The highest BCUT2D eigenvalue weighted by Gasteiger charge is 2.25. The van der Waals surface area contributed by atoms with Crippen LogP contribution in [0, 0.1) is 0 Å². The molecule has 0 bridgehead atoms. The van der Waals surface area contributed by atoms with Crippen LogP contribution in [0.5, 0.6) is 11.5 Å². The second kappa shape index (κ2) is 17.0. The van der Waals surface area contributed by atoms with Crippen molar-refractivity contribution in [1.29, 1.82) is 0 Å². The summed E-state index contributed by atoms with van der Waals surface area (Å²) in [5, 5.41) is 0. The number of carbonyl (C=O) groups is 4. The molecule has 1 rings (SSSR count). The van der Waals surface area contributed by atoms with E-state index in [-0.39, 0.29) is 37.7 Å². The molecule has 0 aliphatic carbocycles. The molecule has 208 valence electrons. The lowest BCUT2D eigenvalue weighted by Crippen LogP contribution is -2.39. The molecule has 0 saturated carbocycles. The molecule has 0 unspecified atom stereocenters. The van der Waals surface area contributed by atoms with E-state index in [1.807, 2.05) is 6.92 Å². The summed E-state index contributed by atoms with van der Waals surface area (Å²) in [5.41, 5.74) is 6.48. The molecule has 3 atom stereocenters. The molecule has 0 aromatic heterocycles. The monoisotopic (exact) mass is 527 g/mol. The summed E-state index contributed by atoms with van der Waals surface area (Å²) in [5.74, 6) is -0.955. The van der Waals surface area contributed by atoms with Crippen LogP contribution in [0.3, 0.4) is 0 Å². The van der Waals surface area contributed by atoms with E-state index in [1.54, 1.807) is 27.7 Å². The highest BCUT2D eigenvalue weighted by Crippen LogP contribution is 2.30. The maximum Gasteiger partial charge on any atom is 0.513 e. The number of benzene rings is 1. The van der Waals surface area contributed by atoms with Crippen LogP contribution < -0.4 is 15.2 Å². The van der Waals surface area contributed by atoms with Crippen molar-refractivity contribution in [3.8, 4) is 11.5 Å². The van der Waals surface area contributed by atoms with Crippen molar-refractivity contribution < 1.29 is 52.3 Å². The molecule has 1 aromatic carbocycles. The molecule has 0 heterocycles. The summed E-state index contributed by atoms with van der Waals surface area (Å²) in [6, 6.07) is 3.18. The fraction of sp³-hybridized carbons (Fsp3) is 0.600.